The summed E-state index contributed by atoms with van der Waals surface area (Å²) in [6, 6.07) is 12.6. The highest BCUT2D eigenvalue weighted by molar-refractivity contribution is 7.80. The summed E-state index contributed by atoms with van der Waals surface area (Å²) in [5, 5.41) is 6.38. The number of benzene rings is 2. The zero-order valence-electron chi connectivity index (χ0n) is 22.8. The maximum atomic E-state index is 13.4. The Balaban J connectivity index is 1.73. The van der Waals surface area contributed by atoms with Crippen LogP contribution in [0.1, 0.15) is 30.9 Å². The van der Waals surface area contributed by atoms with Crippen molar-refractivity contribution in [2.45, 2.75) is 38.4 Å². The molecule has 220 valence electrons. The van der Waals surface area contributed by atoms with Crippen molar-refractivity contribution in [1.82, 2.24) is 15.2 Å². The Morgan fingerprint density at radius 1 is 1.02 bits per heavy atom. The normalized spacial score (nSPS) is 12.9. The number of carbonyl (C=O) groups excluding carboxylic acids is 2. The minimum Gasteiger partial charge on any atom is -0.364 e. The largest absolute Gasteiger partial charge is 0.416 e. The predicted molar refractivity (Wildman–Crippen MR) is 158 cm³/mol. The van der Waals surface area contributed by atoms with E-state index in [-0.39, 0.29) is 12.3 Å². The second-order valence-corrected chi connectivity index (χ2v) is 10.2. The van der Waals surface area contributed by atoms with Crippen LogP contribution in [0.25, 0.3) is 10.9 Å². The number of hydrogen-bond acceptors (Lipinski definition) is 6. The average Bonchev–Trinajstić information content (AvgIpc) is 2.94. The number of aromatic nitrogens is 1. The lowest BCUT2D eigenvalue weighted by molar-refractivity contribution is -0.137. The van der Waals surface area contributed by atoms with Crippen molar-refractivity contribution in [1.29, 1.82) is 0 Å². The average molecular weight is 589 g/mol. The van der Waals surface area contributed by atoms with Gasteiger partial charge in [-0.25, -0.2) is 0 Å². The first-order valence-electron chi connectivity index (χ1n) is 13.3. The molecule has 8 nitrogen and oxygen atoms in total. The summed E-state index contributed by atoms with van der Waals surface area (Å²) in [6.45, 7) is 3.70. The molecule has 0 aliphatic carbocycles. The number of rotatable bonds is 13. The molecule has 1 heterocycles. The van der Waals surface area contributed by atoms with Gasteiger partial charge in [-0.05, 0) is 42.7 Å². The third kappa shape index (κ3) is 9.48. The van der Waals surface area contributed by atoms with Gasteiger partial charge in [-0.15, -0.1) is 0 Å². The van der Waals surface area contributed by atoms with Crippen molar-refractivity contribution in [2.24, 2.45) is 17.4 Å². The molecule has 41 heavy (non-hydrogen) atoms. The smallest absolute Gasteiger partial charge is 0.364 e. The molecule has 1 aromatic heterocycles. The molecule has 0 saturated heterocycles. The van der Waals surface area contributed by atoms with Crippen LogP contribution in [0.3, 0.4) is 0 Å². The van der Waals surface area contributed by atoms with Gasteiger partial charge in [0.1, 0.15) is 6.04 Å². The monoisotopic (exact) mass is 588 g/mol. The van der Waals surface area contributed by atoms with Gasteiger partial charge in [-0.3, -0.25) is 14.6 Å². The van der Waals surface area contributed by atoms with Crippen LogP contribution in [-0.2, 0) is 22.2 Å². The third-order valence-electron chi connectivity index (χ3n) is 6.60. The molecule has 0 saturated carbocycles. The van der Waals surface area contributed by atoms with Crippen LogP contribution in [0.5, 0.6) is 0 Å². The van der Waals surface area contributed by atoms with Gasteiger partial charge in [0.05, 0.1) is 28.0 Å². The van der Waals surface area contributed by atoms with Crippen LogP contribution in [0.15, 0.2) is 60.8 Å². The van der Waals surface area contributed by atoms with Crippen molar-refractivity contribution in [3.05, 3.63) is 71.9 Å². The molecule has 2 atom stereocenters. The summed E-state index contributed by atoms with van der Waals surface area (Å²) < 4.78 is 39.1. The van der Waals surface area contributed by atoms with Crippen molar-refractivity contribution in [3.63, 3.8) is 0 Å². The molecule has 2 aromatic carbocycles. The van der Waals surface area contributed by atoms with Crippen LogP contribution < -0.4 is 22.1 Å². The number of carbonyl (C=O) groups is 2. The fourth-order valence-corrected chi connectivity index (χ4v) is 4.56. The molecule has 2 amide bonds. The number of nitrogens with one attached hydrogen (secondary N) is 2. The molecule has 0 bridgehead atoms. The van der Waals surface area contributed by atoms with Crippen LogP contribution in [0, 0.1) is 5.92 Å². The minimum atomic E-state index is -4.48. The van der Waals surface area contributed by atoms with Crippen molar-refractivity contribution in [2.75, 3.05) is 31.5 Å². The van der Waals surface area contributed by atoms with E-state index in [9.17, 15) is 22.8 Å². The summed E-state index contributed by atoms with van der Waals surface area (Å²) >= 11 is 5.50. The van der Waals surface area contributed by atoms with E-state index in [1.807, 2.05) is 29.2 Å². The van der Waals surface area contributed by atoms with E-state index in [0.29, 0.717) is 55.3 Å². The first-order valence-corrected chi connectivity index (χ1v) is 13.7. The summed E-state index contributed by atoms with van der Waals surface area (Å²) in [4.78, 5) is 33.4. The lowest BCUT2D eigenvalue weighted by Crippen LogP contribution is -2.47. The highest BCUT2D eigenvalue weighted by atomic mass is 32.1. The number of para-hydroxylation sites is 1. The van der Waals surface area contributed by atoms with Crippen LogP contribution in [0.2, 0.25) is 0 Å². The third-order valence-corrected chi connectivity index (χ3v) is 7.06. The first-order chi connectivity index (χ1) is 19.5. The van der Waals surface area contributed by atoms with E-state index in [0.717, 1.165) is 23.0 Å². The molecular weight excluding hydrogens is 553 g/mol. The lowest BCUT2D eigenvalue weighted by Gasteiger charge is -2.25. The summed E-state index contributed by atoms with van der Waals surface area (Å²) in [6.07, 6.45) is -2.09. The number of halogens is 3. The molecule has 0 aliphatic rings. The maximum Gasteiger partial charge on any atom is 0.416 e. The fourth-order valence-electron chi connectivity index (χ4n) is 4.26. The topological polar surface area (TPSA) is 126 Å². The molecule has 0 unspecified atom stereocenters. The number of pyridine rings is 1. The van der Waals surface area contributed by atoms with Gasteiger partial charge in [0.25, 0.3) is 0 Å². The Morgan fingerprint density at radius 2 is 1.68 bits per heavy atom. The van der Waals surface area contributed by atoms with Crippen LogP contribution >= 0.6 is 12.2 Å². The molecule has 3 aromatic rings. The molecule has 0 fully saturated rings. The fraction of sp³-hybridized carbons (Fsp3) is 0.379. The highest BCUT2D eigenvalue weighted by Gasteiger charge is 2.30. The quantitative estimate of drug-likeness (QED) is 0.223. The zero-order valence-corrected chi connectivity index (χ0v) is 23.6. The van der Waals surface area contributed by atoms with E-state index in [2.05, 4.69) is 15.6 Å². The van der Waals surface area contributed by atoms with Crippen molar-refractivity contribution >= 4 is 45.6 Å². The Kier molecular flexibility index (Phi) is 11.6. The first kappa shape index (κ1) is 31.9. The summed E-state index contributed by atoms with van der Waals surface area (Å²) in [5.74, 6) is -1.38. The summed E-state index contributed by atoms with van der Waals surface area (Å²) in [7, 11) is 0. The number of fused-ring (bicyclic) bond motifs is 1. The van der Waals surface area contributed by atoms with E-state index in [1.54, 1.807) is 13.0 Å². The van der Waals surface area contributed by atoms with Crippen molar-refractivity contribution < 1.29 is 22.8 Å². The van der Waals surface area contributed by atoms with Crippen LogP contribution in [-0.4, -0.2) is 58.9 Å². The highest BCUT2D eigenvalue weighted by Crippen LogP contribution is 2.29. The second kappa shape index (κ2) is 14.9. The zero-order chi connectivity index (χ0) is 30.0. The number of alkyl halides is 3. The number of thiocarbonyl (C=S) groups is 1. The Hall–Kier alpha value is -3.61. The molecule has 0 spiro atoms. The minimum absolute atomic E-state index is 0.0113. The van der Waals surface area contributed by atoms with Gasteiger partial charge in [-0.2, -0.15) is 13.2 Å². The predicted octanol–water partition coefficient (Wildman–Crippen LogP) is 3.88. The molecule has 12 heteroatoms. The van der Waals surface area contributed by atoms with Gasteiger partial charge >= 0.3 is 6.18 Å². The Labute approximate surface area is 242 Å². The maximum absolute atomic E-state index is 13.4. The standard InChI is InChI=1S/C29H35F3N6O2S/c1-19(6-11-26(41)38(14-12-33)15-13-34)27(39)37-25(16-20-7-9-22(10-8-20)29(30,31)32)28(40)36-23-17-21-4-2-3-5-24(21)35-18-23/h2-5,7-10,17-19,25H,6,11-16,33-34H2,1H3,(H,36,40)(H,37,39)/t19-,25+/m0/s1. The number of nitrogens with two attached hydrogens (primary N) is 2. The number of anilines is 1. The van der Waals surface area contributed by atoms with E-state index >= 15 is 0 Å². The van der Waals surface area contributed by atoms with Gasteiger partial charge in [0.15, 0.2) is 0 Å². The van der Waals surface area contributed by atoms with Crippen LogP contribution in [0.4, 0.5) is 18.9 Å². The van der Waals surface area contributed by atoms with E-state index < -0.39 is 29.6 Å². The van der Waals surface area contributed by atoms with Gasteiger partial charge in [0, 0.05) is 43.9 Å². The van der Waals surface area contributed by atoms with E-state index in [1.165, 1.54) is 18.3 Å². The Morgan fingerprint density at radius 3 is 2.32 bits per heavy atom. The number of hydrogen-bond donors (Lipinski definition) is 4. The number of amides is 2. The lowest BCUT2D eigenvalue weighted by atomic mass is 10.0. The molecule has 3 rings (SSSR count). The van der Waals surface area contributed by atoms with Gasteiger partial charge < -0.3 is 27.0 Å². The molecule has 0 radical (unpaired) electrons. The summed E-state index contributed by atoms with van der Waals surface area (Å²) in [5.41, 5.74) is 12.2. The van der Waals surface area contributed by atoms with Crippen molar-refractivity contribution in [3.8, 4) is 0 Å². The Bertz CT molecular complexity index is 1330. The van der Waals surface area contributed by atoms with Gasteiger partial charge in [-0.1, -0.05) is 49.5 Å². The molecule has 6 N–H and O–H groups in total. The SMILES string of the molecule is C[C@@H](CCC(=S)N(CCN)CCN)C(=O)N[C@H](Cc1ccc(C(F)(F)F)cc1)C(=O)Nc1cnc2ccccc2c1. The van der Waals surface area contributed by atoms with Gasteiger partial charge in [0.2, 0.25) is 11.8 Å². The molecular formula is C29H35F3N6O2S. The second-order valence-electron chi connectivity index (χ2n) is 9.76. The number of nitrogens with zero attached hydrogens (tertiary/aromatic N) is 2. The van der Waals surface area contributed by atoms with E-state index in [4.69, 9.17) is 23.7 Å². The molecule has 0 aliphatic heterocycles.